The minimum atomic E-state index is 0.465. The summed E-state index contributed by atoms with van der Waals surface area (Å²) in [6, 6.07) is 9.20. The fourth-order valence-corrected chi connectivity index (χ4v) is 2.56. The molecule has 0 radical (unpaired) electrons. The van der Waals surface area contributed by atoms with Crippen molar-refractivity contribution in [2.45, 2.75) is 0 Å². The third-order valence-corrected chi connectivity index (χ3v) is 3.56. The number of aromatic nitrogens is 5. The molecule has 7 heteroatoms. The van der Waals surface area contributed by atoms with Gasteiger partial charge in [-0.25, -0.2) is 0 Å². The average Bonchev–Trinajstić information content (AvgIpc) is 3.16. The van der Waals surface area contributed by atoms with Crippen LogP contribution in [-0.4, -0.2) is 24.8 Å². The van der Waals surface area contributed by atoms with Gasteiger partial charge in [0.15, 0.2) is 11.5 Å². The van der Waals surface area contributed by atoms with Crippen molar-refractivity contribution < 1.29 is 4.74 Å². The SMILES string of the molecule is c1cncc(Oc2ccc3nnc(-c4ccsc4)n3n2)c1. The summed E-state index contributed by atoms with van der Waals surface area (Å²) < 4.78 is 7.36. The first kappa shape index (κ1) is 12.0. The number of nitrogens with zero attached hydrogens (tertiary/aromatic N) is 5. The van der Waals surface area contributed by atoms with Crippen molar-refractivity contribution in [3.63, 3.8) is 0 Å². The van der Waals surface area contributed by atoms with Crippen molar-refractivity contribution >= 4 is 17.0 Å². The number of thiophene rings is 1. The Bertz CT molecular complexity index is 873. The molecule has 21 heavy (non-hydrogen) atoms. The van der Waals surface area contributed by atoms with Crippen LogP contribution in [0, 0.1) is 0 Å². The van der Waals surface area contributed by atoms with E-state index < -0.39 is 0 Å². The predicted molar refractivity (Wildman–Crippen MR) is 78.4 cm³/mol. The van der Waals surface area contributed by atoms with Crippen LogP contribution in [0.2, 0.25) is 0 Å². The second kappa shape index (κ2) is 4.95. The molecule has 6 nitrogen and oxygen atoms in total. The molecule has 0 spiro atoms. The van der Waals surface area contributed by atoms with E-state index in [1.165, 1.54) is 0 Å². The van der Waals surface area contributed by atoms with Crippen LogP contribution in [-0.2, 0) is 0 Å². The number of rotatable bonds is 3. The van der Waals surface area contributed by atoms with Crippen molar-refractivity contribution in [3.05, 3.63) is 53.5 Å². The van der Waals surface area contributed by atoms with Crippen LogP contribution in [0.1, 0.15) is 0 Å². The van der Waals surface area contributed by atoms with Crippen molar-refractivity contribution in [3.8, 4) is 23.0 Å². The number of fused-ring (bicyclic) bond motifs is 1. The quantitative estimate of drug-likeness (QED) is 0.581. The highest BCUT2D eigenvalue weighted by atomic mass is 32.1. The summed E-state index contributed by atoms with van der Waals surface area (Å²) in [5.74, 6) is 1.80. The van der Waals surface area contributed by atoms with Gasteiger partial charge in [-0.1, -0.05) is 0 Å². The molecular formula is C14H9N5OS. The first-order chi connectivity index (χ1) is 10.4. The Morgan fingerprint density at radius 1 is 1.10 bits per heavy atom. The van der Waals surface area contributed by atoms with Crippen molar-refractivity contribution in [1.82, 2.24) is 24.8 Å². The first-order valence-corrected chi connectivity index (χ1v) is 7.17. The van der Waals surface area contributed by atoms with Crippen LogP contribution in [0.15, 0.2) is 53.5 Å². The van der Waals surface area contributed by atoms with Gasteiger partial charge in [-0.05, 0) is 29.6 Å². The summed E-state index contributed by atoms with van der Waals surface area (Å²) in [7, 11) is 0. The summed E-state index contributed by atoms with van der Waals surface area (Å²) in [6.45, 7) is 0. The molecule has 4 heterocycles. The molecule has 0 aromatic carbocycles. The highest BCUT2D eigenvalue weighted by molar-refractivity contribution is 7.08. The van der Waals surface area contributed by atoms with Crippen LogP contribution in [0.25, 0.3) is 17.0 Å². The smallest absolute Gasteiger partial charge is 0.237 e. The Balaban J connectivity index is 1.77. The van der Waals surface area contributed by atoms with E-state index >= 15 is 0 Å². The molecule has 0 saturated heterocycles. The lowest BCUT2D eigenvalue weighted by Crippen LogP contribution is -1.97. The number of pyridine rings is 1. The molecule has 0 fully saturated rings. The van der Waals surface area contributed by atoms with Gasteiger partial charge in [0.2, 0.25) is 5.88 Å². The van der Waals surface area contributed by atoms with Crippen LogP contribution in [0.5, 0.6) is 11.6 Å². The number of ether oxygens (including phenoxy) is 1. The Hall–Kier alpha value is -2.80. The minimum Gasteiger partial charge on any atom is -0.436 e. The van der Waals surface area contributed by atoms with E-state index in [4.69, 9.17) is 4.74 Å². The number of hydrogen-bond acceptors (Lipinski definition) is 6. The second-order valence-corrected chi connectivity index (χ2v) is 5.05. The van der Waals surface area contributed by atoms with Crippen LogP contribution >= 0.6 is 11.3 Å². The Labute approximate surface area is 123 Å². The zero-order valence-corrected chi connectivity index (χ0v) is 11.6. The molecule has 0 aliphatic heterocycles. The Morgan fingerprint density at radius 2 is 2.10 bits per heavy atom. The summed E-state index contributed by atoms with van der Waals surface area (Å²) in [5, 5.41) is 16.7. The third kappa shape index (κ3) is 2.23. The fourth-order valence-electron chi connectivity index (χ4n) is 1.93. The standard InChI is InChI=1S/C14H9N5OS/c1-2-11(8-15-6-1)20-13-4-3-12-16-17-14(19(12)18-13)10-5-7-21-9-10/h1-9H. The fraction of sp³-hybridized carbons (Fsp3) is 0. The lowest BCUT2D eigenvalue weighted by atomic mass is 10.3. The first-order valence-electron chi connectivity index (χ1n) is 6.23. The van der Waals surface area contributed by atoms with E-state index in [2.05, 4.69) is 20.3 Å². The zero-order valence-electron chi connectivity index (χ0n) is 10.7. The number of hydrogen-bond donors (Lipinski definition) is 0. The highest BCUT2D eigenvalue weighted by Gasteiger charge is 2.11. The lowest BCUT2D eigenvalue weighted by molar-refractivity contribution is 0.451. The molecule has 0 N–H and O–H groups in total. The van der Waals surface area contributed by atoms with Crippen LogP contribution < -0.4 is 4.74 Å². The van der Waals surface area contributed by atoms with Crippen molar-refractivity contribution in [2.75, 3.05) is 0 Å². The summed E-state index contributed by atoms with van der Waals surface area (Å²) in [6.07, 6.45) is 3.33. The second-order valence-electron chi connectivity index (χ2n) is 4.27. The molecule has 4 aromatic rings. The van der Waals surface area contributed by atoms with Gasteiger partial charge in [0.05, 0.1) is 6.20 Å². The van der Waals surface area contributed by atoms with Gasteiger partial charge in [-0.15, -0.1) is 15.3 Å². The van der Waals surface area contributed by atoms with Gasteiger partial charge in [-0.2, -0.15) is 15.9 Å². The largest absolute Gasteiger partial charge is 0.436 e. The van der Waals surface area contributed by atoms with Gasteiger partial charge >= 0.3 is 0 Å². The molecular weight excluding hydrogens is 286 g/mol. The maximum absolute atomic E-state index is 5.68. The molecule has 0 atom stereocenters. The van der Waals surface area contributed by atoms with E-state index in [1.807, 2.05) is 35.0 Å². The average molecular weight is 295 g/mol. The van der Waals surface area contributed by atoms with E-state index in [-0.39, 0.29) is 0 Å². The molecule has 0 aliphatic rings. The highest BCUT2D eigenvalue weighted by Crippen LogP contribution is 2.23. The monoisotopic (exact) mass is 295 g/mol. The van der Waals surface area contributed by atoms with E-state index in [0.29, 0.717) is 23.1 Å². The molecule has 0 saturated carbocycles. The zero-order chi connectivity index (χ0) is 14.1. The maximum atomic E-state index is 5.68. The van der Waals surface area contributed by atoms with Crippen LogP contribution in [0.4, 0.5) is 0 Å². The van der Waals surface area contributed by atoms with Gasteiger partial charge in [0, 0.05) is 23.2 Å². The predicted octanol–water partition coefficient (Wildman–Crippen LogP) is 3.04. The summed E-state index contributed by atoms with van der Waals surface area (Å²) >= 11 is 1.60. The molecule has 0 aliphatic carbocycles. The van der Waals surface area contributed by atoms with Crippen LogP contribution in [0.3, 0.4) is 0 Å². The molecule has 4 aromatic heterocycles. The summed E-state index contributed by atoms with van der Waals surface area (Å²) in [5.41, 5.74) is 1.66. The Morgan fingerprint density at radius 3 is 2.90 bits per heavy atom. The molecule has 4 rings (SSSR count). The summed E-state index contributed by atoms with van der Waals surface area (Å²) in [4.78, 5) is 4.01. The minimum absolute atomic E-state index is 0.465. The molecule has 0 bridgehead atoms. The molecule has 0 unspecified atom stereocenters. The van der Waals surface area contributed by atoms with Gasteiger partial charge in [0.1, 0.15) is 5.75 Å². The van der Waals surface area contributed by atoms with Gasteiger partial charge in [-0.3, -0.25) is 4.98 Å². The van der Waals surface area contributed by atoms with Crippen molar-refractivity contribution in [2.24, 2.45) is 0 Å². The normalized spacial score (nSPS) is 10.9. The van der Waals surface area contributed by atoms with E-state index in [9.17, 15) is 0 Å². The van der Waals surface area contributed by atoms with E-state index in [0.717, 1.165) is 5.56 Å². The van der Waals surface area contributed by atoms with Gasteiger partial charge < -0.3 is 4.74 Å². The lowest BCUT2D eigenvalue weighted by Gasteiger charge is -2.04. The van der Waals surface area contributed by atoms with E-state index in [1.54, 1.807) is 34.3 Å². The molecule has 0 amide bonds. The van der Waals surface area contributed by atoms with Crippen molar-refractivity contribution in [1.29, 1.82) is 0 Å². The maximum Gasteiger partial charge on any atom is 0.237 e. The third-order valence-electron chi connectivity index (χ3n) is 2.87. The molecule has 102 valence electrons. The van der Waals surface area contributed by atoms with Gasteiger partial charge in [0.25, 0.3) is 0 Å². The topological polar surface area (TPSA) is 65.2 Å². The Kier molecular flexibility index (Phi) is 2.82.